The molecule has 0 saturated heterocycles. The third-order valence-corrected chi connectivity index (χ3v) is 10.7. The maximum atomic E-state index is 2.57. The van der Waals surface area contributed by atoms with Gasteiger partial charge in [-0.15, -0.1) is 0 Å². The minimum Gasteiger partial charge on any atom is -0.0761 e. The second-order valence-electron chi connectivity index (χ2n) is 9.11. The van der Waals surface area contributed by atoms with E-state index in [9.17, 15) is 0 Å². The lowest BCUT2D eigenvalue weighted by atomic mass is 9.74. The Balaban J connectivity index is 1.87. The largest absolute Gasteiger partial charge is 0.129 e. The van der Waals surface area contributed by atoms with Gasteiger partial charge in [0.05, 0.1) is 0 Å². The predicted molar refractivity (Wildman–Crippen MR) is 134 cm³/mol. The van der Waals surface area contributed by atoms with Crippen LogP contribution in [0.1, 0.15) is 53.9 Å². The lowest BCUT2D eigenvalue weighted by Crippen LogP contribution is -2.44. The quantitative estimate of drug-likeness (QED) is 0.490. The minimum absolute atomic E-state index is 0.0484. The molecule has 30 heavy (non-hydrogen) atoms. The fourth-order valence-electron chi connectivity index (χ4n) is 5.49. The predicted octanol–water partition coefficient (Wildman–Crippen LogP) is 6.30. The van der Waals surface area contributed by atoms with E-state index in [1.807, 2.05) is 0 Å². The van der Waals surface area contributed by atoms with Gasteiger partial charge in [-0.3, -0.25) is 0 Å². The first kappa shape index (κ1) is 20.9. The van der Waals surface area contributed by atoms with Gasteiger partial charge in [-0.25, -0.2) is 0 Å². The Kier molecular flexibility index (Phi) is 5.84. The molecule has 0 amide bonds. The highest BCUT2D eigenvalue weighted by Crippen LogP contribution is 2.51. The summed E-state index contributed by atoms with van der Waals surface area (Å²) in [5.41, 5.74) is 7.73. The SMILES string of the molecule is CCCC1=C([SiH](c2ccccc2)c2ccccc2)CC=C1C1(C)C=C(C)C(C)=C1C. The summed E-state index contributed by atoms with van der Waals surface area (Å²) in [5, 5.41) is 4.80. The minimum atomic E-state index is -1.47. The molecule has 2 aliphatic carbocycles. The van der Waals surface area contributed by atoms with Gasteiger partial charge in [-0.05, 0) is 57.3 Å². The zero-order chi connectivity index (χ0) is 21.3. The molecule has 0 heterocycles. The second-order valence-corrected chi connectivity index (χ2v) is 12.0. The number of hydrogen-bond acceptors (Lipinski definition) is 0. The molecule has 2 aromatic carbocycles. The molecule has 0 spiro atoms. The Morgan fingerprint density at radius 2 is 1.43 bits per heavy atom. The molecular weight excluding hydrogens is 376 g/mol. The third-order valence-electron chi connectivity index (χ3n) is 7.35. The number of hydrogen-bond donors (Lipinski definition) is 0. The van der Waals surface area contributed by atoms with Gasteiger partial charge in [-0.1, -0.05) is 113 Å². The second kappa shape index (κ2) is 8.39. The first-order valence-electron chi connectivity index (χ1n) is 11.4. The van der Waals surface area contributed by atoms with Crippen LogP contribution in [0.2, 0.25) is 0 Å². The van der Waals surface area contributed by atoms with E-state index in [-0.39, 0.29) is 5.41 Å². The molecule has 0 radical (unpaired) electrons. The van der Waals surface area contributed by atoms with Crippen molar-refractivity contribution in [3.63, 3.8) is 0 Å². The highest BCUT2D eigenvalue weighted by molar-refractivity contribution is 6.91. The van der Waals surface area contributed by atoms with Crippen molar-refractivity contribution in [2.45, 2.75) is 53.9 Å². The van der Waals surface area contributed by atoms with E-state index >= 15 is 0 Å². The number of rotatable bonds is 6. The molecule has 0 nitrogen and oxygen atoms in total. The Bertz CT molecular complexity index is 1010. The van der Waals surface area contributed by atoms with Crippen LogP contribution in [0.4, 0.5) is 0 Å². The molecule has 0 saturated carbocycles. The van der Waals surface area contributed by atoms with E-state index in [0.29, 0.717) is 0 Å². The molecule has 0 bridgehead atoms. The van der Waals surface area contributed by atoms with Gasteiger partial charge in [-0.2, -0.15) is 0 Å². The molecular formula is C29H34Si. The van der Waals surface area contributed by atoms with Gasteiger partial charge < -0.3 is 0 Å². The third kappa shape index (κ3) is 3.50. The summed E-state index contributed by atoms with van der Waals surface area (Å²) >= 11 is 0. The van der Waals surface area contributed by atoms with E-state index < -0.39 is 8.80 Å². The Morgan fingerprint density at radius 1 is 0.867 bits per heavy atom. The van der Waals surface area contributed by atoms with E-state index in [4.69, 9.17) is 0 Å². The van der Waals surface area contributed by atoms with E-state index in [2.05, 4.69) is 107 Å². The van der Waals surface area contributed by atoms with Crippen LogP contribution in [0.25, 0.3) is 0 Å². The summed E-state index contributed by atoms with van der Waals surface area (Å²) in [6, 6.07) is 22.6. The summed E-state index contributed by atoms with van der Waals surface area (Å²) in [5.74, 6) is 0. The van der Waals surface area contributed by atoms with Crippen LogP contribution in [-0.2, 0) is 0 Å². The van der Waals surface area contributed by atoms with E-state index in [0.717, 1.165) is 6.42 Å². The molecule has 2 aliphatic rings. The molecule has 0 fully saturated rings. The zero-order valence-electron chi connectivity index (χ0n) is 19.1. The van der Waals surface area contributed by atoms with Crippen LogP contribution in [0.3, 0.4) is 0 Å². The smallest absolute Gasteiger partial charge is 0.0761 e. The standard InChI is InChI=1S/C29H34Si/c1-6-13-26-27(29(5)20-21(2)22(3)23(29)4)18-19-28(26)30(24-14-9-7-10-15-24)25-16-11-8-12-17-25/h7-12,14-18,20,30H,6,13,19H2,1-5H3. The van der Waals surface area contributed by atoms with Crippen molar-refractivity contribution in [2.24, 2.45) is 5.41 Å². The van der Waals surface area contributed by atoms with Gasteiger partial charge in [0.2, 0.25) is 0 Å². The Morgan fingerprint density at radius 3 is 1.90 bits per heavy atom. The molecule has 0 aromatic heterocycles. The topological polar surface area (TPSA) is 0 Å². The van der Waals surface area contributed by atoms with Crippen molar-refractivity contribution < 1.29 is 0 Å². The van der Waals surface area contributed by atoms with Gasteiger partial charge in [0, 0.05) is 5.41 Å². The van der Waals surface area contributed by atoms with Crippen molar-refractivity contribution in [3.8, 4) is 0 Å². The Hall–Kier alpha value is -2.38. The monoisotopic (exact) mass is 410 g/mol. The van der Waals surface area contributed by atoms with Gasteiger partial charge in [0.15, 0.2) is 0 Å². The molecule has 0 N–H and O–H groups in total. The summed E-state index contributed by atoms with van der Waals surface area (Å²) in [6.07, 6.45) is 8.57. The van der Waals surface area contributed by atoms with Crippen LogP contribution in [-0.4, -0.2) is 8.80 Å². The maximum Gasteiger partial charge on any atom is 0.129 e. The molecule has 0 aliphatic heterocycles. The molecule has 1 atom stereocenters. The van der Waals surface area contributed by atoms with Gasteiger partial charge >= 0.3 is 0 Å². The fraction of sp³-hybridized carbons (Fsp3) is 0.310. The van der Waals surface area contributed by atoms with Crippen LogP contribution >= 0.6 is 0 Å². The average molecular weight is 411 g/mol. The molecule has 2 aromatic rings. The summed E-state index contributed by atoms with van der Waals surface area (Å²) in [4.78, 5) is 0. The Labute approximate surface area is 184 Å². The highest BCUT2D eigenvalue weighted by atomic mass is 28.3. The van der Waals surface area contributed by atoms with Gasteiger partial charge in [0.1, 0.15) is 8.80 Å². The molecule has 1 unspecified atom stereocenters. The van der Waals surface area contributed by atoms with Crippen molar-refractivity contribution in [3.05, 3.63) is 106 Å². The zero-order valence-corrected chi connectivity index (χ0v) is 20.3. The normalized spacial score (nSPS) is 21.5. The highest BCUT2D eigenvalue weighted by Gasteiger charge is 2.39. The lowest BCUT2D eigenvalue weighted by Gasteiger charge is -2.30. The van der Waals surface area contributed by atoms with Crippen LogP contribution in [0, 0.1) is 5.41 Å². The molecule has 1 heteroatoms. The fourth-order valence-corrected chi connectivity index (χ4v) is 8.90. The van der Waals surface area contributed by atoms with Crippen LogP contribution in [0.5, 0.6) is 0 Å². The van der Waals surface area contributed by atoms with Crippen molar-refractivity contribution >= 4 is 19.2 Å². The van der Waals surface area contributed by atoms with Crippen LogP contribution in [0.15, 0.2) is 106 Å². The van der Waals surface area contributed by atoms with Crippen molar-refractivity contribution in [1.82, 2.24) is 0 Å². The van der Waals surface area contributed by atoms with E-state index in [1.54, 1.807) is 16.3 Å². The summed E-state index contributed by atoms with van der Waals surface area (Å²) < 4.78 is 0. The van der Waals surface area contributed by atoms with E-state index in [1.165, 1.54) is 39.9 Å². The summed E-state index contributed by atoms with van der Waals surface area (Å²) in [7, 11) is -1.47. The lowest BCUT2D eigenvalue weighted by molar-refractivity contribution is 0.623. The molecule has 154 valence electrons. The van der Waals surface area contributed by atoms with Crippen molar-refractivity contribution in [1.29, 1.82) is 0 Å². The van der Waals surface area contributed by atoms with Crippen LogP contribution < -0.4 is 10.4 Å². The first-order valence-corrected chi connectivity index (χ1v) is 13.1. The average Bonchev–Trinajstić information content (AvgIpc) is 3.26. The van der Waals surface area contributed by atoms with Gasteiger partial charge in [0.25, 0.3) is 0 Å². The molecule has 4 rings (SSSR count). The van der Waals surface area contributed by atoms with Crippen molar-refractivity contribution in [2.75, 3.05) is 0 Å². The number of allylic oxidation sites excluding steroid dienone is 8. The summed E-state index contributed by atoms with van der Waals surface area (Å²) in [6.45, 7) is 11.7. The maximum absolute atomic E-state index is 2.57. The number of benzene rings is 2. The first-order chi connectivity index (χ1) is 14.5.